The fraction of sp³-hybridized carbons (Fsp3) is 0.840. The third-order valence-electron chi connectivity index (χ3n) is 6.86. The first-order valence-corrected chi connectivity index (χ1v) is 12.1. The van der Waals surface area contributed by atoms with Crippen LogP contribution in [0.3, 0.4) is 0 Å². The molecular formula is C25H43NO4. The van der Waals surface area contributed by atoms with Crippen LogP contribution in [-0.2, 0) is 19.1 Å². The number of unbranched alkanes of at least 4 members (excludes halogenated alkanes) is 1. The van der Waals surface area contributed by atoms with Gasteiger partial charge in [0.25, 0.3) is 0 Å². The highest BCUT2D eigenvalue weighted by Crippen LogP contribution is 2.27. The maximum atomic E-state index is 13.1. The zero-order chi connectivity index (χ0) is 22.1. The zero-order valence-corrected chi connectivity index (χ0v) is 19.8. The number of carbonyl (C=O) groups excluding carboxylic acids is 2. The molecule has 1 saturated heterocycles. The van der Waals surface area contributed by atoms with Crippen molar-refractivity contribution in [1.82, 2.24) is 4.90 Å². The van der Waals surface area contributed by atoms with E-state index in [0.29, 0.717) is 24.8 Å². The first kappa shape index (κ1) is 24.9. The first-order valence-electron chi connectivity index (χ1n) is 12.1. The average Bonchev–Trinajstić information content (AvgIpc) is 3.22. The molecule has 5 heteroatoms. The number of cyclic esters (lactones) is 1. The van der Waals surface area contributed by atoms with Gasteiger partial charge in [-0.15, -0.1) is 0 Å². The second-order valence-electron chi connectivity index (χ2n) is 9.44. The Morgan fingerprint density at radius 1 is 1.17 bits per heavy atom. The molecule has 1 amide bonds. The normalized spacial score (nSPS) is 32.4. The van der Waals surface area contributed by atoms with Crippen LogP contribution < -0.4 is 0 Å². The SMILES string of the molecule is CCCC[C@@H](C)[C@@H]1CCC[C@H](OC)CC[C@@H](C)/C=C(/C)C(=O)N2CCC[C@H]2C(=O)O1. The fourth-order valence-corrected chi connectivity index (χ4v) is 4.84. The molecule has 2 aliphatic heterocycles. The van der Waals surface area contributed by atoms with Crippen molar-refractivity contribution in [3.05, 3.63) is 11.6 Å². The Kier molecular flexibility index (Phi) is 10.4. The van der Waals surface area contributed by atoms with Gasteiger partial charge in [-0.25, -0.2) is 4.79 Å². The molecule has 172 valence electrons. The number of hydrogen-bond acceptors (Lipinski definition) is 4. The number of carbonyl (C=O) groups is 2. The Balaban J connectivity index is 2.22. The van der Waals surface area contributed by atoms with Gasteiger partial charge in [0.1, 0.15) is 12.1 Å². The summed E-state index contributed by atoms with van der Waals surface area (Å²) in [6, 6.07) is -0.436. The Bertz CT molecular complexity index is 588. The molecule has 5 nitrogen and oxygen atoms in total. The number of esters is 1. The van der Waals surface area contributed by atoms with Gasteiger partial charge in [-0.1, -0.05) is 39.7 Å². The molecule has 0 aromatic carbocycles. The van der Waals surface area contributed by atoms with Crippen molar-refractivity contribution in [1.29, 1.82) is 0 Å². The van der Waals surface area contributed by atoms with E-state index in [9.17, 15) is 9.59 Å². The van der Waals surface area contributed by atoms with Crippen molar-refractivity contribution in [3.63, 3.8) is 0 Å². The lowest BCUT2D eigenvalue weighted by Gasteiger charge is -2.29. The van der Waals surface area contributed by atoms with Crippen molar-refractivity contribution in [2.75, 3.05) is 13.7 Å². The van der Waals surface area contributed by atoms with Crippen LogP contribution in [-0.4, -0.2) is 48.7 Å². The summed E-state index contributed by atoms with van der Waals surface area (Å²) in [4.78, 5) is 27.9. The van der Waals surface area contributed by atoms with Crippen LogP contribution in [0.25, 0.3) is 0 Å². The molecular weight excluding hydrogens is 378 g/mol. The number of fused-ring (bicyclic) bond motifs is 1. The summed E-state index contributed by atoms with van der Waals surface area (Å²) >= 11 is 0. The molecule has 0 aromatic rings. The minimum absolute atomic E-state index is 0.0185. The fourth-order valence-electron chi connectivity index (χ4n) is 4.84. The molecule has 1 fully saturated rings. The van der Waals surface area contributed by atoms with Crippen molar-refractivity contribution in [3.8, 4) is 0 Å². The summed E-state index contributed by atoms with van der Waals surface area (Å²) < 4.78 is 11.8. The molecule has 2 aliphatic rings. The van der Waals surface area contributed by atoms with Crippen LogP contribution in [0.15, 0.2) is 11.6 Å². The maximum Gasteiger partial charge on any atom is 0.329 e. The molecule has 0 aliphatic carbocycles. The van der Waals surface area contributed by atoms with Crippen LogP contribution in [0, 0.1) is 11.8 Å². The van der Waals surface area contributed by atoms with Gasteiger partial charge in [0, 0.05) is 19.2 Å². The third-order valence-corrected chi connectivity index (χ3v) is 6.86. The van der Waals surface area contributed by atoms with Gasteiger partial charge >= 0.3 is 5.97 Å². The minimum atomic E-state index is -0.436. The van der Waals surface area contributed by atoms with Crippen LogP contribution in [0.1, 0.15) is 91.9 Å². The van der Waals surface area contributed by atoms with E-state index in [1.165, 1.54) is 0 Å². The lowest BCUT2D eigenvalue weighted by Crippen LogP contribution is -2.43. The van der Waals surface area contributed by atoms with E-state index < -0.39 is 6.04 Å². The number of methoxy groups -OCH3 is 1. The number of nitrogens with zero attached hydrogens (tertiary/aromatic N) is 1. The summed E-state index contributed by atoms with van der Waals surface area (Å²) in [5.41, 5.74) is 0.735. The molecule has 0 aromatic heterocycles. The molecule has 30 heavy (non-hydrogen) atoms. The van der Waals surface area contributed by atoms with E-state index in [-0.39, 0.29) is 24.1 Å². The number of rotatable bonds is 5. The number of hydrogen-bond donors (Lipinski definition) is 0. The van der Waals surface area contributed by atoms with Crippen molar-refractivity contribution >= 4 is 11.9 Å². The molecule has 0 N–H and O–H groups in total. The Morgan fingerprint density at radius 3 is 2.63 bits per heavy atom. The molecule has 5 atom stereocenters. The molecule has 0 saturated carbocycles. The number of amides is 1. The topological polar surface area (TPSA) is 55.8 Å². The van der Waals surface area contributed by atoms with Crippen LogP contribution in [0.5, 0.6) is 0 Å². The van der Waals surface area contributed by atoms with E-state index in [0.717, 1.165) is 63.4 Å². The highest BCUT2D eigenvalue weighted by Gasteiger charge is 2.37. The largest absolute Gasteiger partial charge is 0.461 e. The highest BCUT2D eigenvalue weighted by atomic mass is 16.5. The lowest BCUT2D eigenvalue weighted by molar-refractivity contribution is -0.160. The van der Waals surface area contributed by atoms with Crippen molar-refractivity contribution in [2.24, 2.45) is 11.8 Å². The van der Waals surface area contributed by atoms with Gasteiger partial charge in [-0.05, 0) is 70.1 Å². The Labute approximate surface area is 183 Å². The van der Waals surface area contributed by atoms with Gasteiger partial charge in [0.2, 0.25) is 5.91 Å². The molecule has 2 rings (SSSR count). The van der Waals surface area contributed by atoms with E-state index in [1.54, 1.807) is 12.0 Å². The summed E-state index contributed by atoms with van der Waals surface area (Å²) in [6.45, 7) is 9.06. The standard InChI is InChI=1S/C25H43NO4/c1-6-7-10-19(3)23-13-8-11-21(29-5)15-14-18(2)17-20(4)24(27)26-16-9-12-22(26)25(28)30-23/h17-19,21-23H,6-16H2,1-5H3/b20-17-/t18-,19-,21+,22+,23+/m1/s1. The van der Waals surface area contributed by atoms with E-state index >= 15 is 0 Å². The summed E-state index contributed by atoms with van der Waals surface area (Å²) in [7, 11) is 1.78. The molecule has 0 unspecified atom stereocenters. The monoisotopic (exact) mass is 421 g/mol. The molecule has 0 bridgehead atoms. The second kappa shape index (κ2) is 12.5. The van der Waals surface area contributed by atoms with Gasteiger partial charge in [0.05, 0.1) is 6.10 Å². The third kappa shape index (κ3) is 7.11. The predicted octanol–water partition coefficient (Wildman–Crippen LogP) is 5.28. The van der Waals surface area contributed by atoms with Crippen LogP contribution in [0.2, 0.25) is 0 Å². The molecule has 0 spiro atoms. The second-order valence-corrected chi connectivity index (χ2v) is 9.44. The zero-order valence-electron chi connectivity index (χ0n) is 19.8. The molecule has 2 heterocycles. The van der Waals surface area contributed by atoms with E-state index in [2.05, 4.69) is 26.8 Å². The number of allylic oxidation sites excluding steroid dienone is 1. The minimum Gasteiger partial charge on any atom is -0.461 e. The first-order chi connectivity index (χ1) is 14.4. The summed E-state index contributed by atoms with van der Waals surface area (Å²) in [6.07, 6.45) is 11.9. The lowest BCUT2D eigenvalue weighted by atomic mass is 9.92. The van der Waals surface area contributed by atoms with Crippen LogP contribution >= 0.6 is 0 Å². The Morgan fingerprint density at radius 2 is 1.93 bits per heavy atom. The smallest absolute Gasteiger partial charge is 0.329 e. The quantitative estimate of drug-likeness (QED) is 0.567. The summed E-state index contributed by atoms with van der Waals surface area (Å²) in [5, 5.41) is 0. The van der Waals surface area contributed by atoms with Gasteiger partial charge < -0.3 is 14.4 Å². The van der Waals surface area contributed by atoms with Crippen molar-refractivity contribution < 1.29 is 19.1 Å². The predicted molar refractivity (Wildman–Crippen MR) is 120 cm³/mol. The maximum absolute atomic E-state index is 13.1. The van der Waals surface area contributed by atoms with Gasteiger partial charge in [-0.3, -0.25) is 4.79 Å². The average molecular weight is 422 g/mol. The van der Waals surface area contributed by atoms with Gasteiger partial charge in [0.15, 0.2) is 0 Å². The molecule has 0 radical (unpaired) electrons. The number of ether oxygens (including phenoxy) is 2. The highest BCUT2D eigenvalue weighted by molar-refractivity contribution is 5.96. The summed E-state index contributed by atoms with van der Waals surface area (Å²) in [5.74, 6) is 0.410. The van der Waals surface area contributed by atoms with Crippen LogP contribution in [0.4, 0.5) is 0 Å². The Hall–Kier alpha value is -1.36. The van der Waals surface area contributed by atoms with Crippen molar-refractivity contribution in [2.45, 2.75) is 110 Å². The van der Waals surface area contributed by atoms with E-state index in [4.69, 9.17) is 9.47 Å². The van der Waals surface area contributed by atoms with E-state index in [1.807, 2.05) is 6.92 Å². The van der Waals surface area contributed by atoms with Gasteiger partial charge in [-0.2, -0.15) is 0 Å².